The number of rotatable bonds is 2. The van der Waals surface area contributed by atoms with Crippen molar-refractivity contribution in [1.29, 1.82) is 5.26 Å². The summed E-state index contributed by atoms with van der Waals surface area (Å²) in [5, 5.41) is 8.21. The van der Waals surface area contributed by atoms with Crippen LogP contribution in [-0.2, 0) is 0 Å². The van der Waals surface area contributed by atoms with Crippen LogP contribution in [-0.4, -0.2) is 25.5 Å². The summed E-state index contributed by atoms with van der Waals surface area (Å²) in [5.74, 6) is 0. The van der Waals surface area contributed by atoms with E-state index in [1.165, 1.54) is 0 Å². The molecule has 0 N–H and O–H groups in total. The van der Waals surface area contributed by atoms with E-state index in [1.54, 1.807) is 0 Å². The van der Waals surface area contributed by atoms with E-state index in [0.717, 1.165) is 0 Å². The molecule has 8 heavy (non-hydrogen) atoms. The second kappa shape index (κ2) is 3.23. The summed E-state index contributed by atoms with van der Waals surface area (Å²) in [6.07, 6.45) is 0. The number of likely N-dealkylation sites (N-methyl/N-ethyl adjacent to an activating group) is 1. The van der Waals surface area contributed by atoms with Gasteiger partial charge in [-0.2, -0.15) is 5.26 Å². The molecule has 0 saturated heterocycles. The summed E-state index contributed by atoms with van der Waals surface area (Å²) >= 11 is 0. The number of nitrogens with zero attached hydrogens (tertiary/aromatic N) is 2. The molecule has 0 aliphatic rings. The zero-order valence-electron chi connectivity index (χ0n) is 5.31. The number of hydrogen-bond donors (Lipinski definition) is 0. The summed E-state index contributed by atoms with van der Waals surface area (Å²) < 4.78 is 0. The van der Waals surface area contributed by atoms with Crippen molar-refractivity contribution >= 4 is 0 Å². The Kier molecular flexibility index (Phi) is 2.90. The highest BCUT2D eigenvalue weighted by Gasteiger charge is 1.90. The van der Waals surface area contributed by atoms with E-state index in [4.69, 9.17) is 5.26 Å². The van der Waals surface area contributed by atoms with Gasteiger partial charge in [0.25, 0.3) is 0 Å². The predicted molar refractivity (Wildman–Crippen MR) is 33.3 cm³/mol. The molecule has 2 heteroatoms. The monoisotopic (exact) mass is 110 g/mol. The minimum absolute atomic E-state index is 0.606. The molecule has 0 heterocycles. The molecule has 0 aromatic carbocycles. The Morgan fingerprint density at radius 3 is 2.38 bits per heavy atom. The van der Waals surface area contributed by atoms with Gasteiger partial charge in [0.05, 0.1) is 6.07 Å². The molecule has 0 aliphatic heterocycles. The number of hydrogen-bond acceptors (Lipinski definition) is 2. The Labute approximate surface area is 50.0 Å². The van der Waals surface area contributed by atoms with E-state index in [0.29, 0.717) is 12.1 Å². The van der Waals surface area contributed by atoms with Gasteiger partial charge < -0.3 is 4.90 Å². The molecule has 0 aromatic heterocycles. The first-order valence-electron chi connectivity index (χ1n) is 2.39. The standard InChI is InChI=1S/C6H10N2/c1-6(4-7)5-8(2)3/h1,5H2,2-3H3. The highest BCUT2D eigenvalue weighted by molar-refractivity contribution is 5.16. The maximum absolute atomic E-state index is 8.21. The maximum atomic E-state index is 8.21. The first kappa shape index (κ1) is 7.19. The van der Waals surface area contributed by atoms with E-state index in [2.05, 4.69) is 6.58 Å². The molecular formula is C6H10N2. The highest BCUT2D eigenvalue weighted by Crippen LogP contribution is 1.86. The molecule has 0 unspecified atom stereocenters. The first-order valence-corrected chi connectivity index (χ1v) is 2.39. The van der Waals surface area contributed by atoms with Gasteiger partial charge in [0.1, 0.15) is 0 Å². The minimum Gasteiger partial charge on any atom is -0.304 e. The summed E-state index contributed by atoms with van der Waals surface area (Å²) in [7, 11) is 3.81. The smallest absolute Gasteiger partial charge is 0.0954 e. The summed E-state index contributed by atoms with van der Waals surface area (Å²) in [5.41, 5.74) is 0.606. The third-order valence-corrected chi connectivity index (χ3v) is 0.665. The summed E-state index contributed by atoms with van der Waals surface area (Å²) in [6, 6.07) is 1.96. The lowest BCUT2D eigenvalue weighted by Crippen LogP contribution is -2.13. The maximum Gasteiger partial charge on any atom is 0.0954 e. The fourth-order valence-corrected chi connectivity index (χ4v) is 0.417. The van der Waals surface area contributed by atoms with Crippen LogP contribution in [0.1, 0.15) is 0 Å². The molecular weight excluding hydrogens is 100 g/mol. The van der Waals surface area contributed by atoms with Gasteiger partial charge in [0.2, 0.25) is 0 Å². The van der Waals surface area contributed by atoms with E-state index < -0.39 is 0 Å². The molecule has 44 valence electrons. The lowest BCUT2D eigenvalue weighted by Gasteiger charge is -2.05. The third kappa shape index (κ3) is 3.38. The highest BCUT2D eigenvalue weighted by atomic mass is 15.0. The van der Waals surface area contributed by atoms with Crippen LogP contribution < -0.4 is 0 Å². The Morgan fingerprint density at radius 2 is 2.25 bits per heavy atom. The fourth-order valence-electron chi connectivity index (χ4n) is 0.417. The van der Waals surface area contributed by atoms with Crippen LogP contribution in [0.3, 0.4) is 0 Å². The lowest BCUT2D eigenvalue weighted by atomic mass is 10.3. The average Bonchev–Trinajstić information content (AvgIpc) is 1.65. The molecule has 0 rings (SSSR count). The Balaban J connectivity index is 3.44. The minimum atomic E-state index is 0.606. The van der Waals surface area contributed by atoms with Crippen molar-refractivity contribution in [2.24, 2.45) is 0 Å². The SMILES string of the molecule is C=C(C#N)CN(C)C. The fraction of sp³-hybridized carbons (Fsp3) is 0.500. The van der Waals surface area contributed by atoms with Gasteiger partial charge in [-0.25, -0.2) is 0 Å². The van der Waals surface area contributed by atoms with Crippen LogP contribution in [0.25, 0.3) is 0 Å². The van der Waals surface area contributed by atoms with Crippen molar-refractivity contribution in [2.45, 2.75) is 0 Å². The second-order valence-corrected chi connectivity index (χ2v) is 1.95. The van der Waals surface area contributed by atoms with Crippen molar-refractivity contribution in [3.63, 3.8) is 0 Å². The van der Waals surface area contributed by atoms with E-state index in [9.17, 15) is 0 Å². The van der Waals surface area contributed by atoms with Gasteiger partial charge in [-0.15, -0.1) is 0 Å². The molecule has 0 saturated carbocycles. The van der Waals surface area contributed by atoms with Crippen molar-refractivity contribution in [2.75, 3.05) is 20.6 Å². The third-order valence-electron chi connectivity index (χ3n) is 0.665. The zero-order valence-corrected chi connectivity index (χ0v) is 5.31. The predicted octanol–water partition coefficient (Wildman–Crippen LogP) is 0.628. The summed E-state index contributed by atoms with van der Waals surface area (Å²) in [6.45, 7) is 4.17. The van der Waals surface area contributed by atoms with E-state index in [1.807, 2.05) is 25.1 Å². The summed E-state index contributed by atoms with van der Waals surface area (Å²) in [4.78, 5) is 1.91. The van der Waals surface area contributed by atoms with Gasteiger partial charge in [-0.05, 0) is 14.1 Å². The zero-order chi connectivity index (χ0) is 6.57. The number of nitriles is 1. The van der Waals surface area contributed by atoms with Crippen LogP contribution in [0.4, 0.5) is 0 Å². The lowest BCUT2D eigenvalue weighted by molar-refractivity contribution is 0.450. The molecule has 0 bridgehead atoms. The van der Waals surface area contributed by atoms with Crippen molar-refractivity contribution in [3.05, 3.63) is 12.2 Å². The molecule has 0 radical (unpaired) electrons. The first-order chi connectivity index (χ1) is 3.66. The van der Waals surface area contributed by atoms with Crippen LogP contribution in [0.5, 0.6) is 0 Å². The van der Waals surface area contributed by atoms with E-state index in [-0.39, 0.29) is 0 Å². The van der Waals surface area contributed by atoms with Crippen LogP contribution >= 0.6 is 0 Å². The Hall–Kier alpha value is -0.810. The molecule has 2 nitrogen and oxygen atoms in total. The molecule has 0 spiro atoms. The van der Waals surface area contributed by atoms with Crippen LogP contribution in [0.2, 0.25) is 0 Å². The molecule has 0 fully saturated rings. The molecule has 0 aromatic rings. The van der Waals surface area contributed by atoms with Gasteiger partial charge in [-0.3, -0.25) is 0 Å². The van der Waals surface area contributed by atoms with E-state index >= 15 is 0 Å². The van der Waals surface area contributed by atoms with Crippen LogP contribution in [0.15, 0.2) is 12.2 Å². The van der Waals surface area contributed by atoms with Crippen molar-refractivity contribution in [3.8, 4) is 6.07 Å². The molecule has 0 aliphatic carbocycles. The topological polar surface area (TPSA) is 27.0 Å². The quantitative estimate of drug-likeness (QED) is 0.487. The van der Waals surface area contributed by atoms with Crippen molar-refractivity contribution < 1.29 is 0 Å². The normalized spacial score (nSPS) is 8.75. The Morgan fingerprint density at radius 1 is 1.75 bits per heavy atom. The van der Waals surface area contributed by atoms with Gasteiger partial charge >= 0.3 is 0 Å². The van der Waals surface area contributed by atoms with Gasteiger partial charge in [-0.1, -0.05) is 6.58 Å². The second-order valence-electron chi connectivity index (χ2n) is 1.95. The Bertz CT molecular complexity index is 119. The van der Waals surface area contributed by atoms with Crippen molar-refractivity contribution in [1.82, 2.24) is 4.90 Å². The molecule has 0 atom stereocenters. The average molecular weight is 110 g/mol. The van der Waals surface area contributed by atoms with Gasteiger partial charge in [0, 0.05) is 12.1 Å². The molecule has 0 amide bonds. The van der Waals surface area contributed by atoms with Crippen LogP contribution in [0, 0.1) is 11.3 Å². The largest absolute Gasteiger partial charge is 0.304 e. The van der Waals surface area contributed by atoms with Gasteiger partial charge in [0.15, 0.2) is 0 Å².